The fourth-order valence-corrected chi connectivity index (χ4v) is 2.54. The summed E-state index contributed by atoms with van der Waals surface area (Å²) in [5.74, 6) is 0.281. The van der Waals surface area contributed by atoms with Gasteiger partial charge in [-0.3, -0.25) is 4.79 Å². The van der Waals surface area contributed by atoms with E-state index in [9.17, 15) is 4.79 Å². The van der Waals surface area contributed by atoms with Crippen LogP contribution in [-0.4, -0.2) is 12.5 Å². The number of halogens is 2. The molecule has 15 heavy (non-hydrogen) atoms. The van der Waals surface area contributed by atoms with E-state index < -0.39 is 0 Å². The molecule has 1 fully saturated rings. The summed E-state index contributed by atoms with van der Waals surface area (Å²) in [6.07, 6.45) is 0.908. The molecule has 0 saturated carbocycles. The van der Waals surface area contributed by atoms with Crippen molar-refractivity contribution < 1.29 is 4.79 Å². The van der Waals surface area contributed by atoms with Gasteiger partial charge >= 0.3 is 0 Å². The van der Waals surface area contributed by atoms with E-state index in [1.807, 2.05) is 25.1 Å². The minimum absolute atomic E-state index is 0.115. The van der Waals surface area contributed by atoms with Crippen molar-refractivity contribution in [2.45, 2.75) is 13.3 Å². The number of carbonyl (C=O) groups is 1. The first-order valence-corrected chi connectivity index (χ1v) is 6.03. The Labute approximate surface area is 102 Å². The lowest BCUT2D eigenvalue weighted by molar-refractivity contribution is -0.119. The van der Waals surface area contributed by atoms with Gasteiger partial charge in [0.25, 0.3) is 0 Å². The van der Waals surface area contributed by atoms with Crippen molar-refractivity contribution in [3.8, 4) is 0 Å². The van der Waals surface area contributed by atoms with Crippen molar-refractivity contribution in [1.29, 1.82) is 0 Å². The average molecular weight is 289 g/mol. The zero-order valence-corrected chi connectivity index (χ0v) is 10.7. The standard InChI is InChI=1S/C11H11BrClNO/c1-7-4-5-14(11(7)15)10-3-2-8(12)6-9(10)13/h2-3,6-7H,4-5H2,1H3. The summed E-state index contributed by atoms with van der Waals surface area (Å²) in [5, 5.41) is 0.617. The van der Waals surface area contributed by atoms with Crippen LogP contribution in [0, 0.1) is 5.92 Å². The highest BCUT2D eigenvalue weighted by Gasteiger charge is 2.29. The molecule has 1 aromatic rings. The molecule has 2 rings (SSSR count). The smallest absolute Gasteiger partial charge is 0.229 e. The third-order valence-corrected chi connectivity index (χ3v) is 3.47. The molecule has 0 spiro atoms. The second-order valence-corrected chi connectivity index (χ2v) is 5.10. The molecule has 0 radical (unpaired) electrons. The second-order valence-electron chi connectivity index (χ2n) is 3.78. The van der Waals surface area contributed by atoms with Crippen LogP contribution in [0.25, 0.3) is 0 Å². The molecule has 80 valence electrons. The SMILES string of the molecule is CC1CCN(c2ccc(Br)cc2Cl)C1=O. The number of hydrogen-bond acceptors (Lipinski definition) is 1. The number of rotatable bonds is 1. The number of anilines is 1. The van der Waals surface area contributed by atoms with Gasteiger partial charge < -0.3 is 4.90 Å². The highest BCUT2D eigenvalue weighted by molar-refractivity contribution is 9.10. The van der Waals surface area contributed by atoms with Crippen LogP contribution in [-0.2, 0) is 4.79 Å². The Morgan fingerprint density at radius 3 is 2.80 bits per heavy atom. The predicted octanol–water partition coefficient (Wildman–Crippen LogP) is 3.48. The van der Waals surface area contributed by atoms with Gasteiger partial charge in [-0.05, 0) is 24.6 Å². The lowest BCUT2D eigenvalue weighted by atomic mass is 10.1. The predicted molar refractivity (Wildman–Crippen MR) is 65.3 cm³/mol. The number of nitrogens with zero attached hydrogens (tertiary/aromatic N) is 1. The van der Waals surface area contributed by atoms with Gasteiger partial charge in [-0.1, -0.05) is 34.5 Å². The van der Waals surface area contributed by atoms with Gasteiger partial charge in [0.1, 0.15) is 0 Å². The third-order valence-electron chi connectivity index (χ3n) is 2.67. The van der Waals surface area contributed by atoms with Gasteiger partial charge in [-0.25, -0.2) is 0 Å². The minimum atomic E-state index is 0.115. The van der Waals surface area contributed by atoms with Gasteiger partial charge in [0.2, 0.25) is 5.91 Å². The Kier molecular flexibility index (Phi) is 3.03. The molecule has 1 amide bonds. The quantitative estimate of drug-likeness (QED) is 0.775. The fourth-order valence-electron chi connectivity index (χ4n) is 1.76. The summed E-state index contributed by atoms with van der Waals surface area (Å²) < 4.78 is 0.927. The average Bonchev–Trinajstić information content (AvgIpc) is 2.49. The van der Waals surface area contributed by atoms with Crippen molar-refractivity contribution in [3.63, 3.8) is 0 Å². The van der Waals surface area contributed by atoms with Gasteiger partial charge in [-0.2, -0.15) is 0 Å². The highest BCUT2D eigenvalue weighted by Crippen LogP contribution is 2.32. The van der Waals surface area contributed by atoms with Crippen molar-refractivity contribution in [2.24, 2.45) is 5.92 Å². The first-order chi connectivity index (χ1) is 7.09. The maximum atomic E-state index is 11.8. The maximum absolute atomic E-state index is 11.8. The van der Waals surface area contributed by atoms with Crippen LogP contribution < -0.4 is 4.90 Å². The van der Waals surface area contributed by atoms with Crippen LogP contribution in [0.4, 0.5) is 5.69 Å². The van der Waals surface area contributed by atoms with E-state index in [4.69, 9.17) is 11.6 Å². The van der Waals surface area contributed by atoms with Crippen LogP contribution >= 0.6 is 27.5 Å². The molecule has 1 aromatic carbocycles. The van der Waals surface area contributed by atoms with E-state index in [2.05, 4.69) is 15.9 Å². The normalized spacial score (nSPS) is 21.1. The van der Waals surface area contributed by atoms with Crippen LogP contribution in [0.3, 0.4) is 0 Å². The molecule has 1 aliphatic rings. The molecular formula is C11H11BrClNO. The molecule has 4 heteroatoms. The summed E-state index contributed by atoms with van der Waals surface area (Å²) >= 11 is 9.44. The molecule has 1 unspecified atom stereocenters. The van der Waals surface area contributed by atoms with Crippen molar-refractivity contribution in [2.75, 3.05) is 11.4 Å². The molecule has 1 saturated heterocycles. The number of hydrogen-bond donors (Lipinski definition) is 0. The lowest BCUT2D eigenvalue weighted by Gasteiger charge is -2.17. The third kappa shape index (κ3) is 2.04. The molecule has 0 aliphatic carbocycles. The first kappa shape index (κ1) is 11.0. The Bertz CT molecular complexity index is 408. The molecular weight excluding hydrogens is 277 g/mol. The summed E-state index contributed by atoms with van der Waals surface area (Å²) in [7, 11) is 0. The Hall–Kier alpha value is -0.540. The molecule has 2 nitrogen and oxygen atoms in total. The highest BCUT2D eigenvalue weighted by atomic mass is 79.9. The molecule has 0 N–H and O–H groups in total. The van der Waals surface area contributed by atoms with Crippen LogP contribution in [0.15, 0.2) is 22.7 Å². The zero-order valence-electron chi connectivity index (χ0n) is 8.34. The van der Waals surface area contributed by atoms with E-state index in [1.165, 1.54) is 0 Å². The lowest BCUT2D eigenvalue weighted by Crippen LogP contribution is -2.26. The first-order valence-electron chi connectivity index (χ1n) is 4.86. The topological polar surface area (TPSA) is 20.3 Å². The zero-order chi connectivity index (χ0) is 11.0. The summed E-state index contributed by atoms with van der Waals surface area (Å²) in [6, 6.07) is 5.59. The molecule has 1 aliphatic heterocycles. The summed E-state index contributed by atoms with van der Waals surface area (Å²) in [5.41, 5.74) is 0.814. The van der Waals surface area contributed by atoms with Gasteiger partial charge in [0.05, 0.1) is 10.7 Å². The molecule has 0 bridgehead atoms. The van der Waals surface area contributed by atoms with E-state index in [1.54, 1.807) is 4.90 Å². The van der Waals surface area contributed by atoms with E-state index in [-0.39, 0.29) is 11.8 Å². The summed E-state index contributed by atoms with van der Waals surface area (Å²) in [6.45, 7) is 2.72. The van der Waals surface area contributed by atoms with E-state index >= 15 is 0 Å². The number of amides is 1. The fraction of sp³-hybridized carbons (Fsp3) is 0.364. The monoisotopic (exact) mass is 287 g/mol. The van der Waals surface area contributed by atoms with E-state index in [0.29, 0.717) is 5.02 Å². The van der Waals surface area contributed by atoms with Gasteiger partial charge in [0, 0.05) is 16.9 Å². The molecule has 1 heterocycles. The maximum Gasteiger partial charge on any atom is 0.229 e. The number of carbonyl (C=O) groups excluding carboxylic acids is 1. The minimum Gasteiger partial charge on any atom is -0.311 e. The van der Waals surface area contributed by atoms with Crippen molar-refractivity contribution in [1.82, 2.24) is 0 Å². The van der Waals surface area contributed by atoms with Crippen LogP contribution in [0.1, 0.15) is 13.3 Å². The van der Waals surface area contributed by atoms with Crippen LogP contribution in [0.2, 0.25) is 5.02 Å². The molecule has 1 atom stereocenters. The van der Waals surface area contributed by atoms with Gasteiger partial charge in [0.15, 0.2) is 0 Å². The Balaban J connectivity index is 2.34. The largest absolute Gasteiger partial charge is 0.311 e. The van der Waals surface area contributed by atoms with E-state index in [0.717, 1.165) is 23.1 Å². The second kappa shape index (κ2) is 4.14. The van der Waals surface area contributed by atoms with Gasteiger partial charge in [-0.15, -0.1) is 0 Å². The molecule has 0 aromatic heterocycles. The summed E-state index contributed by atoms with van der Waals surface area (Å²) in [4.78, 5) is 13.6. The van der Waals surface area contributed by atoms with Crippen LogP contribution in [0.5, 0.6) is 0 Å². The Morgan fingerprint density at radius 2 is 2.27 bits per heavy atom. The number of benzene rings is 1. The van der Waals surface area contributed by atoms with Crippen molar-refractivity contribution >= 4 is 39.1 Å². The van der Waals surface area contributed by atoms with Crippen molar-refractivity contribution in [3.05, 3.63) is 27.7 Å². The Morgan fingerprint density at radius 1 is 1.53 bits per heavy atom.